The Labute approximate surface area is 178 Å². The number of fused-ring (bicyclic) bond motifs is 9. The predicted octanol–water partition coefficient (Wildman–Crippen LogP) is 5.66. The first kappa shape index (κ1) is 19.4. The standard InChI is InChI=1S/C27H43NO/c1-16-5-8-23-17(2)25-24(28(23)15-16)14-22-20-7-6-18-13-19(29)9-11-26(18,3)21(20)10-12-27(22,25)4/h6,16-17,19-25,29H,5,7-15H2,1-4H3/t16-,17+,19+,20-,21+,22+,23+,24+,25-,26+,27+/m1/s1. The summed E-state index contributed by atoms with van der Waals surface area (Å²) in [4.78, 5) is 3.02. The zero-order valence-electron chi connectivity index (χ0n) is 19.2. The van der Waals surface area contributed by atoms with Gasteiger partial charge in [-0.25, -0.2) is 0 Å². The van der Waals surface area contributed by atoms with Gasteiger partial charge < -0.3 is 5.11 Å². The van der Waals surface area contributed by atoms with E-state index in [4.69, 9.17) is 0 Å². The monoisotopic (exact) mass is 397 g/mol. The van der Waals surface area contributed by atoms with Gasteiger partial charge in [-0.3, -0.25) is 4.90 Å². The summed E-state index contributed by atoms with van der Waals surface area (Å²) in [7, 11) is 0. The number of hydrogen-bond donors (Lipinski definition) is 1. The molecule has 4 aliphatic carbocycles. The molecule has 0 bridgehead atoms. The quantitative estimate of drug-likeness (QED) is 0.534. The number of aliphatic hydroxyl groups excluding tert-OH is 1. The Morgan fingerprint density at radius 2 is 1.83 bits per heavy atom. The van der Waals surface area contributed by atoms with Crippen LogP contribution in [0.25, 0.3) is 0 Å². The van der Waals surface area contributed by atoms with Gasteiger partial charge in [0.1, 0.15) is 0 Å². The summed E-state index contributed by atoms with van der Waals surface area (Å²) in [5.74, 6) is 5.44. The summed E-state index contributed by atoms with van der Waals surface area (Å²) >= 11 is 0. The van der Waals surface area contributed by atoms with Gasteiger partial charge in [-0.2, -0.15) is 0 Å². The van der Waals surface area contributed by atoms with Gasteiger partial charge in [0.2, 0.25) is 0 Å². The van der Waals surface area contributed by atoms with E-state index in [2.05, 4.69) is 38.7 Å². The third kappa shape index (κ3) is 2.48. The maximum atomic E-state index is 10.3. The molecule has 0 aromatic heterocycles. The minimum Gasteiger partial charge on any atom is -0.393 e. The molecule has 5 fully saturated rings. The van der Waals surface area contributed by atoms with Crippen molar-refractivity contribution in [3.8, 4) is 0 Å². The first-order valence-electron chi connectivity index (χ1n) is 13.0. The molecule has 11 atom stereocenters. The van der Waals surface area contributed by atoms with Crippen molar-refractivity contribution in [2.45, 2.75) is 104 Å². The van der Waals surface area contributed by atoms with Crippen molar-refractivity contribution in [1.82, 2.24) is 4.90 Å². The van der Waals surface area contributed by atoms with Crippen LogP contribution in [0.4, 0.5) is 0 Å². The average molecular weight is 398 g/mol. The molecule has 2 heterocycles. The molecule has 2 heteroatoms. The Bertz CT molecular complexity index is 715. The van der Waals surface area contributed by atoms with Crippen molar-refractivity contribution in [3.05, 3.63) is 11.6 Å². The van der Waals surface area contributed by atoms with E-state index in [1.54, 1.807) is 5.57 Å². The Hall–Kier alpha value is -0.340. The van der Waals surface area contributed by atoms with E-state index in [-0.39, 0.29) is 6.10 Å². The fraction of sp³-hybridized carbons (Fsp3) is 0.926. The van der Waals surface area contributed by atoms with Crippen LogP contribution in [0.15, 0.2) is 11.6 Å². The zero-order valence-corrected chi connectivity index (χ0v) is 19.2. The maximum Gasteiger partial charge on any atom is 0.0577 e. The van der Waals surface area contributed by atoms with Crippen LogP contribution in [0, 0.1) is 46.3 Å². The third-order valence-corrected chi connectivity index (χ3v) is 11.7. The molecular weight excluding hydrogens is 354 g/mol. The largest absolute Gasteiger partial charge is 0.393 e. The van der Waals surface area contributed by atoms with E-state index in [1.807, 2.05) is 0 Å². The molecule has 2 aliphatic heterocycles. The van der Waals surface area contributed by atoms with Gasteiger partial charge in [0.25, 0.3) is 0 Å². The second-order valence-corrected chi connectivity index (χ2v) is 12.8. The molecule has 6 rings (SSSR count). The summed E-state index contributed by atoms with van der Waals surface area (Å²) in [6.07, 6.45) is 14.3. The number of aliphatic hydroxyl groups is 1. The fourth-order valence-electron chi connectivity index (χ4n) is 10.4. The minimum atomic E-state index is -0.0792. The second-order valence-electron chi connectivity index (χ2n) is 12.8. The Morgan fingerprint density at radius 3 is 2.66 bits per heavy atom. The maximum absolute atomic E-state index is 10.3. The van der Waals surface area contributed by atoms with Crippen molar-refractivity contribution >= 4 is 0 Å². The van der Waals surface area contributed by atoms with Crippen LogP contribution in [-0.2, 0) is 0 Å². The summed E-state index contributed by atoms with van der Waals surface area (Å²) in [6.45, 7) is 11.8. The van der Waals surface area contributed by atoms with Crippen LogP contribution in [-0.4, -0.2) is 34.7 Å². The smallest absolute Gasteiger partial charge is 0.0577 e. The van der Waals surface area contributed by atoms with Crippen LogP contribution in [0.1, 0.15) is 85.5 Å². The molecule has 0 amide bonds. The van der Waals surface area contributed by atoms with E-state index in [1.165, 1.54) is 51.5 Å². The molecule has 3 saturated carbocycles. The van der Waals surface area contributed by atoms with Gasteiger partial charge >= 0.3 is 0 Å². The first-order valence-corrected chi connectivity index (χ1v) is 13.0. The van der Waals surface area contributed by atoms with Crippen molar-refractivity contribution < 1.29 is 5.11 Å². The van der Waals surface area contributed by atoms with Crippen LogP contribution >= 0.6 is 0 Å². The highest BCUT2D eigenvalue weighted by Crippen LogP contribution is 2.69. The van der Waals surface area contributed by atoms with Crippen LogP contribution in [0.3, 0.4) is 0 Å². The molecule has 0 radical (unpaired) electrons. The van der Waals surface area contributed by atoms with Crippen molar-refractivity contribution in [1.29, 1.82) is 0 Å². The van der Waals surface area contributed by atoms with Crippen LogP contribution in [0.2, 0.25) is 0 Å². The SMILES string of the molecule is C[C@@H]1CC[C@H]2[C@H](C)[C@@H]3[C@H](C[C@H]4[C@@H]5CC=C6C[C@@H](O)CC[C@]6(C)[C@H]5CC[C@]34C)N2C1. The van der Waals surface area contributed by atoms with Gasteiger partial charge in [0.15, 0.2) is 0 Å². The van der Waals surface area contributed by atoms with Crippen molar-refractivity contribution in [2.24, 2.45) is 46.3 Å². The number of hydrogen-bond acceptors (Lipinski definition) is 2. The fourth-order valence-corrected chi connectivity index (χ4v) is 10.4. The average Bonchev–Trinajstić information content (AvgIpc) is 3.15. The highest BCUT2D eigenvalue weighted by atomic mass is 16.3. The van der Waals surface area contributed by atoms with E-state index < -0.39 is 0 Å². The van der Waals surface area contributed by atoms with Gasteiger partial charge in [-0.1, -0.05) is 39.3 Å². The molecule has 0 aromatic rings. The minimum absolute atomic E-state index is 0.0792. The van der Waals surface area contributed by atoms with Crippen LogP contribution < -0.4 is 0 Å². The van der Waals surface area contributed by atoms with E-state index >= 15 is 0 Å². The Morgan fingerprint density at radius 1 is 1.00 bits per heavy atom. The van der Waals surface area contributed by atoms with E-state index in [9.17, 15) is 5.11 Å². The van der Waals surface area contributed by atoms with Gasteiger partial charge in [-0.15, -0.1) is 0 Å². The van der Waals surface area contributed by atoms with Crippen molar-refractivity contribution in [3.63, 3.8) is 0 Å². The topological polar surface area (TPSA) is 23.5 Å². The molecule has 29 heavy (non-hydrogen) atoms. The van der Waals surface area contributed by atoms with E-state index in [0.29, 0.717) is 10.8 Å². The van der Waals surface area contributed by atoms with Gasteiger partial charge in [0.05, 0.1) is 6.10 Å². The Balaban J connectivity index is 1.33. The van der Waals surface area contributed by atoms with Crippen LogP contribution in [0.5, 0.6) is 0 Å². The normalized spacial score (nSPS) is 59.2. The zero-order chi connectivity index (χ0) is 20.1. The highest BCUT2D eigenvalue weighted by molar-refractivity contribution is 5.26. The molecule has 2 nitrogen and oxygen atoms in total. The lowest BCUT2D eigenvalue weighted by atomic mass is 9.47. The van der Waals surface area contributed by atoms with Crippen molar-refractivity contribution in [2.75, 3.05) is 6.54 Å². The summed E-state index contributed by atoms with van der Waals surface area (Å²) in [5, 5.41) is 10.3. The summed E-state index contributed by atoms with van der Waals surface area (Å²) < 4.78 is 0. The molecule has 0 spiro atoms. The number of rotatable bonds is 0. The lowest BCUT2D eigenvalue weighted by Gasteiger charge is -2.58. The molecule has 0 unspecified atom stereocenters. The molecule has 162 valence electrons. The molecule has 0 aromatic carbocycles. The molecule has 6 aliphatic rings. The highest BCUT2D eigenvalue weighted by Gasteiger charge is 2.66. The molecule has 2 saturated heterocycles. The van der Waals surface area contributed by atoms with Gasteiger partial charge in [0, 0.05) is 18.6 Å². The number of allylic oxidation sites excluding steroid dienone is 1. The predicted molar refractivity (Wildman–Crippen MR) is 118 cm³/mol. The molecular formula is C27H43NO. The number of piperidine rings is 1. The summed E-state index contributed by atoms with van der Waals surface area (Å²) in [5.41, 5.74) is 2.58. The lowest BCUT2D eigenvalue weighted by molar-refractivity contribution is -0.0574. The van der Waals surface area contributed by atoms with Gasteiger partial charge in [-0.05, 0) is 104 Å². The second kappa shape index (κ2) is 6.35. The Kier molecular flexibility index (Phi) is 4.23. The lowest BCUT2D eigenvalue weighted by Crippen LogP contribution is -2.51. The summed E-state index contributed by atoms with van der Waals surface area (Å²) in [6, 6.07) is 1.75. The van der Waals surface area contributed by atoms with E-state index in [0.717, 1.165) is 60.4 Å². The number of nitrogens with zero attached hydrogens (tertiary/aromatic N) is 1. The molecule has 1 N–H and O–H groups in total. The first-order chi connectivity index (χ1) is 13.8. The third-order valence-electron chi connectivity index (χ3n) is 11.7.